The van der Waals surface area contributed by atoms with E-state index in [-0.39, 0.29) is 5.56 Å². The van der Waals surface area contributed by atoms with Crippen LogP contribution < -0.4 is 0 Å². The fourth-order valence-electron chi connectivity index (χ4n) is 1.34. The Hall–Kier alpha value is -1.45. The first-order chi connectivity index (χ1) is 7.10. The van der Waals surface area contributed by atoms with Gasteiger partial charge in [-0.05, 0) is 26.0 Å². The first-order valence-corrected chi connectivity index (χ1v) is 4.84. The minimum atomic E-state index is -0.813. The van der Waals surface area contributed by atoms with E-state index in [2.05, 4.69) is 0 Å². The van der Waals surface area contributed by atoms with Gasteiger partial charge in [-0.15, -0.1) is 0 Å². The summed E-state index contributed by atoms with van der Waals surface area (Å²) in [6.45, 7) is 4.63. The van der Waals surface area contributed by atoms with Crippen molar-refractivity contribution in [2.45, 2.75) is 13.8 Å². The van der Waals surface area contributed by atoms with Gasteiger partial charge < -0.3 is 4.90 Å². The molecule has 0 aromatic heterocycles. The molecule has 0 aliphatic rings. The molecule has 4 heteroatoms. The number of rotatable bonds is 3. The molecule has 0 bridgehead atoms. The number of hydrogen-bond acceptors (Lipinski definition) is 1. The van der Waals surface area contributed by atoms with E-state index in [4.69, 9.17) is 0 Å². The monoisotopic (exact) mass is 213 g/mol. The molecule has 2 nitrogen and oxygen atoms in total. The third kappa shape index (κ3) is 2.52. The molecule has 0 spiro atoms. The van der Waals surface area contributed by atoms with Gasteiger partial charge in [0.1, 0.15) is 11.6 Å². The Labute approximate surface area is 87.5 Å². The van der Waals surface area contributed by atoms with Gasteiger partial charge >= 0.3 is 0 Å². The van der Waals surface area contributed by atoms with E-state index >= 15 is 0 Å². The fourth-order valence-corrected chi connectivity index (χ4v) is 1.34. The van der Waals surface area contributed by atoms with Crippen molar-refractivity contribution in [3.63, 3.8) is 0 Å². The van der Waals surface area contributed by atoms with Crippen molar-refractivity contribution in [1.82, 2.24) is 4.90 Å². The minimum absolute atomic E-state index is 0.0832. The number of amides is 1. The van der Waals surface area contributed by atoms with Crippen LogP contribution in [0.2, 0.25) is 0 Å². The lowest BCUT2D eigenvalue weighted by Gasteiger charge is -2.18. The van der Waals surface area contributed by atoms with Crippen molar-refractivity contribution >= 4 is 5.91 Å². The molecular formula is C11H13F2NO. The third-order valence-corrected chi connectivity index (χ3v) is 2.21. The maximum atomic E-state index is 13.2. The molecule has 82 valence electrons. The maximum absolute atomic E-state index is 13.2. The Kier molecular flexibility index (Phi) is 3.77. The smallest absolute Gasteiger partial charge is 0.256 e. The van der Waals surface area contributed by atoms with E-state index < -0.39 is 17.5 Å². The lowest BCUT2D eigenvalue weighted by Crippen LogP contribution is -2.31. The molecule has 0 radical (unpaired) electrons. The number of halogens is 2. The zero-order chi connectivity index (χ0) is 11.4. The first kappa shape index (κ1) is 11.6. The van der Waals surface area contributed by atoms with Crippen LogP contribution in [0, 0.1) is 11.6 Å². The number of hydrogen-bond donors (Lipinski definition) is 0. The Balaban J connectivity index is 3.00. The van der Waals surface area contributed by atoms with Crippen LogP contribution in [-0.4, -0.2) is 23.9 Å². The lowest BCUT2D eigenvalue weighted by molar-refractivity contribution is 0.0768. The molecule has 0 saturated heterocycles. The number of benzene rings is 1. The lowest BCUT2D eigenvalue weighted by atomic mass is 10.2. The highest BCUT2D eigenvalue weighted by Crippen LogP contribution is 2.12. The van der Waals surface area contributed by atoms with Gasteiger partial charge in [-0.2, -0.15) is 0 Å². The van der Waals surface area contributed by atoms with Crippen molar-refractivity contribution < 1.29 is 13.6 Å². The average molecular weight is 213 g/mol. The predicted octanol–water partition coefficient (Wildman–Crippen LogP) is 2.45. The molecule has 0 fully saturated rings. The Morgan fingerprint density at radius 1 is 1.27 bits per heavy atom. The number of nitrogens with zero attached hydrogens (tertiary/aromatic N) is 1. The van der Waals surface area contributed by atoms with E-state index in [1.807, 2.05) is 13.8 Å². The molecule has 0 aliphatic carbocycles. The van der Waals surface area contributed by atoms with Crippen LogP contribution in [0.1, 0.15) is 24.2 Å². The summed E-state index contributed by atoms with van der Waals surface area (Å²) in [7, 11) is 0. The van der Waals surface area contributed by atoms with Crippen LogP contribution in [0.5, 0.6) is 0 Å². The van der Waals surface area contributed by atoms with Crippen molar-refractivity contribution in [3.05, 3.63) is 35.4 Å². The van der Waals surface area contributed by atoms with Gasteiger partial charge in [0, 0.05) is 19.2 Å². The normalized spacial score (nSPS) is 10.1. The summed E-state index contributed by atoms with van der Waals surface area (Å²) < 4.78 is 25.9. The van der Waals surface area contributed by atoms with Crippen molar-refractivity contribution in [1.29, 1.82) is 0 Å². The van der Waals surface area contributed by atoms with Gasteiger partial charge in [0.05, 0.1) is 5.56 Å². The minimum Gasteiger partial charge on any atom is -0.339 e. The highest BCUT2D eigenvalue weighted by molar-refractivity contribution is 5.94. The van der Waals surface area contributed by atoms with Crippen LogP contribution in [0.15, 0.2) is 18.2 Å². The molecule has 1 rings (SSSR count). The number of carbonyl (C=O) groups excluding carboxylic acids is 1. The highest BCUT2D eigenvalue weighted by atomic mass is 19.1. The standard InChI is InChI=1S/C11H13F2NO/c1-3-14(4-2)11(15)9-6-5-8(12)7-10(9)13/h5-7H,3-4H2,1-2H3. The quantitative estimate of drug-likeness (QED) is 0.755. The Morgan fingerprint density at radius 3 is 2.33 bits per heavy atom. The van der Waals surface area contributed by atoms with E-state index in [9.17, 15) is 13.6 Å². The maximum Gasteiger partial charge on any atom is 0.256 e. The molecule has 0 atom stereocenters. The Bertz CT molecular complexity index is 362. The fraction of sp³-hybridized carbons (Fsp3) is 0.364. The first-order valence-electron chi connectivity index (χ1n) is 4.84. The summed E-state index contributed by atoms with van der Waals surface area (Å²) in [6, 6.07) is 2.97. The molecule has 0 N–H and O–H groups in total. The van der Waals surface area contributed by atoms with Crippen LogP contribution in [-0.2, 0) is 0 Å². The summed E-state index contributed by atoms with van der Waals surface area (Å²) in [5, 5.41) is 0. The van der Waals surface area contributed by atoms with Crippen molar-refractivity contribution in [2.24, 2.45) is 0 Å². The van der Waals surface area contributed by atoms with Gasteiger partial charge in [0.2, 0.25) is 0 Å². The van der Waals surface area contributed by atoms with Crippen LogP contribution >= 0.6 is 0 Å². The zero-order valence-electron chi connectivity index (χ0n) is 8.76. The van der Waals surface area contributed by atoms with E-state index in [0.717, 1.165) is 12.1 Å². The second-order valence-corrected chi connectivity index (χ2v) is 3.10. The molecule has 0 heterocycles. The summed E-state index contributed by atoms with van der Waals surface area (Å²) in [5.74, 6) is -1.90. The van der Waals surface area contributed by atoms with Gasteiger partial charge in [0.25, 0.3) is 5.91 Å². The van der Waals surface area contributed by atoms with Crippen molar-refractivity contribution in [3.8, 4) is 0 Å². The van der Waals surface area contributed by atoms with E-state index in [1.165, 1.54) is 11.0 Å². The molecule has 0 unspecified atom stereocenters. The highest BCUT2D eigenvalue weighted by Gasteiger charge is 2.16. The molecular weight excluding hydrogens is 200 g/mol. The van der Waals surface area contributed by atoms with E-state index in [0.29, 0.717) is 13.1 Å². The predicted molar refractivity (Wildman–Crippen MR) is 53.6 cm³/mol. The van der Waals surface area contributed by atoms with Crippen LogP contribution in [0.3, 0.4) is 0 Å². The van der Waals surface area contributed by atoms with Gasteiger partial charge in [-0.25, -0.2) is 8.78 Å². The summed E-state index contributed by atoms with van der Waals surface area (Å²) in [4.78, 5) is 13.2. The average Bonchev–Trinajstić information content (AvgIpc) is 2.19. The summed E-state index contributed by atoms with van der Waals surface area (Å²) in [6.07, 6.45) is 0. The SMILES string of the molecule is CCN(CC)C(=O)c1ccc(F)cc1F. The topological polar surface area (TPSA) is 20.3 Å². The second kappa shape index (κ2) is 4.87. The van der Waals surface area contributed by atoms with Gasteiger partial charge in [-0.3, -0.25) is 4.79 Å². The van der Waals surface area contributed by atoms with Crippen LogP contribution in [0.4, 0.5) is 8.78 Å². The molecule has 0 saturated carbocycles. The molecule has 0 aliphatic heterocycles. The summed E-state index contributed by atoms with van der Waals surface area (Å²) >= 11 is 0. The molecule has 1 amide bonds. The van der Waals surface area contributed by atoms with Gasteiger partial charge in [0.15, 0.2) is 0 Å². The third-order valence-electron chi connectivity index (χ3n) is 2.21. The van der Waals surface area contributed by atoms with Crippen molar-refractivity contribution in [2.75, 3.05) is 13.1 Å². The summed E-state index contributed by atoms with van der Waals surface area (Å²) in [5.41, 5.74) is -0.0832. The second-order valence-electron chi connectivity index (χ2n) is 3.10. The molecule has 1 aromatic carbocycles. The number of carbonyl (C=O) groups is 1. The molecule has 15 heavy (non-hydrogen) atoms. The molecule has 1 aromatic rings. The van der Waals surface area contributed by atoms with Crippen LogP contribution in [0.25, 0.3) is 0 Å². The Morgan fingerprint density at radius 2 is 1.87 bits per heavy atom. The van der Waals surface area contributed by atoms with Gasteiger partial charge in [-0.1, -0.05) is 0 Å². The largest absolute Gasteiger partial charge is 0.339 e. The van der Waals surface area contributed by atoms with E-state index in [1.54, 1.807) is 0 Å². The zero-order valence-corrected chi connectivity index (χ0v) is 8.76.